The Morgan fingerprint density at radius 1 is 1.14 bits per heavy atom. The SMILES string of the molecule is Cn1c(Oc2ccc(Cl)c(Cl)c2)c(C#N)c(=O)n(C)c1=O. The Bertz CT molecular complexity index is 878. The summed E-state index contributed by atoms with van der Waals surface area (Å²) in [5.74, 6) is 0.105. The summed E-state index contributed by atoms with van der Waals surface area (Å²) in [5, 5.41) is 9.70. The lowest BCUT2D eigenvalue weighted by atomic mass is 10.3. The van der Waals surface area contributed by atoms with Gasteiger partial charge in [0.25, 0.3) is 5.56 Å². The molecular formula is C13H9Cl2N3O3. The highest BCUT2D eigenvalue weighted by Gasteiger charge is 2.17. The minimum Gasteiger partial charge on any atom is -0.439 e. The van der Waals surface area contributed by atoms with Crippen molar-refractivity contribution >= 4 is 23.2 Å². The monoisotopic (exact) mass is 325 g/mol. The zero-order chi connectivity index (χ0) is 15.7. The highest BCUT2D eigenvalue weighted by molar-refractivity contribution is 6.42. The van der Waals surface area contributed by atoms with Crippen molar-refractivity contribution in [2.24, 2.45) is 14.1 Å². The van der Waals surface area contributed by atoms with E-state index >= 15 is 0 Å². The maximum atomic E-state index is 11.9. The second kappa shape index (κ2) is 5.64. The summed E-state index contributed by atoms with van der Waals surface area (Å²) in [6, 6.07) is 6.18. The molecule has 2 rings (SSSR count). The van der Waals surface area contributed by atoms with Crippen LogP contribution in [0.4, 0.5) is 0 Å². The van der Waals surface area contributed by atoms with Crippen LogP contribution >= 0.6 is 23.2 Å². The molecule has 1 heterocycles. The molecule has 1 aromatic heterocycles. The summed E-state index contributed by atoms with van der Waals surface area (Å²) in [5.41, 5.74) is -1.60. The molecule has 8 heteroatoms. The van der Waals surface area contributed by atoms with Crippen LogP contribution in [-0.4, -0.2) is 9.13 Å². The maximum Gasteiger partial charge on any atom is 0.333 e. The highest BCUT2D eigenvalue weighted by atomic mass is 35.5. The van der Waals surface area contributed by atoms with Gasteiger partial charge in [0.05, 0.1) is 10.0 Å². The lowest BCUT2D eigenvalue weighted by Gasteiger charge is -2.12. The molecule has 0 bridgehead atoms. The molecule has 0 unspecified atom stereocenters. The first-order valence-corrected chi connectivity index (χ1v) is 6.45. The first kappa shape index (κ1) is 15.2. The van der Waals surface area contributed by atoms with Gasteiger partial charge in [-0.15, -0.1) is 0 Å². The molecule has 0 aliphatic heterocycles. The zero-order valence-electron chi connectivity index (χ0n) is 11.1. The van der Waals surface area contributed by atoms with Gasteiger partial charge < -0.3 is 4.74 Å². The first-order chi connectivity index (χ1) is 9.86. The Morgan fingerprint density at radius 2 is 1.81 bits per heavy atom. The Hall–Kier alpha value is -2.23. The molecule has 0 N–H and O–H groups in total. The maximum absolute atomic E-state index is 11.9. The van der Waals surface area contributed by atoms with Crippen LogP contribution < -0.4 is 16.0 Å². The number of nitriles is 1. The van der Waals surface area contributed by atoms with Gasteiger partial charge in [0.2, 0.25) is 5.88 Å². The van der Waals surface area contributed by atoms with Crippen LogP contribution in [-0.2, 0) is 14.1 Å². The van der Waals surface area contributed by atoms with E-state index in [1.807, 2.05) is 0 Å². The van der Waals surface area contributed by atoms with Crippen molar-refractivity contribution in [3.05, 3.63) is 54.6 Å². The summed E-state index contributed by atoms with van der Waals surface area (Å²) in [7, 11) is 2.68. The van der Waals surface area contributed by atoms with E-state index in [1.165, 1.54) is 32.3 Å². The lowest BCUT2D eigenvalue weighted by molar-refractivity contribution is 0.421. The van der Waals surface area contributed by atoms with Crippen LogP contribution in [0.3, 0.4) is 0 Å². The van der Waals surface area contributed by atoms with E-state index in [0.717, 1.165) is 9.13 Å². The smallest absolute Gasteiger partial charge is 0.333 e. The number of hydrogen-bond acceptors (Lipinski definition) is 4. The molecular weight excluding hydrogens is 317 g/mol. The van der Waals surface area contributed by atoms with Gasteiger partial charge in [-0.05, 0) is 12.1 Å². The molecule has 0 aliphatic rings. The third kappa shape index (κ3) is 2.66. The summed E-state index contributed by atoms with van der Waals surface area (Å²) >= 11 is 11.7. The molecule has 0 fully saturated rings. The van der Waals surface area contributed by atoms with Crippen LogP contribution in [0, 0.1) is 11.3 Å². The number of hydrogen-bond donors (Lipinski definition) is 0. The van der Waals surface area contributed by atoms with Crippen molar-refractivity contribution in [1.82, 2.24) is 9.13 Å². The molecule has 0 saturated heterocycles. The van der Waals surface area contributed by atoms with Crippen LogP contribution in [0.15, 0.2) is 27.8 Å². The molecule has 0 aliphatic carbocycles. The van der Waals surface area contributed by atoms with Crippen molar-refractivity contribution in [2.75, 3.05) is 0 Å². The fourth-order valence-electron chi connectivity index (χ4n) is 1.69. The van der Waals surface area contributed by atoms with Crippen molar-refractivity contribution in [1.29, 1.82) is 5.26 Å². The van der Waals surface area contributed by atoms with E-state index in [-0.39, 0.29) is 22.2 Å². The van der Waals surface area contributed by atoms with E-state index in [0.29, 0.717) is 5.02 Å². The number of aromatic nitrogens is 2. The molecule has 0 atom stereocenters. The quantitative estimate of drug-likeness (QED) is 0.846. The average molecular weight is 326 g/mol. The topological polar surface area (TPSA) is 77.0 Å². The van der Waals surface area contributed by atoms with Gasteiger partial charge in [-0.2, -0.15) is 5.26 Å². The van der Waals surface area contributed by atoms with E-state index in [2.05, 4.69) is 0 Å². The van der Waals surface area contributed by atoms with Gasteiger partial charge in [-0.3, -0.25) is 13.9 Å². The Morgan fingerprint density at radius 3 is 2.38 bits per heavy atom. The van der Waals surface area contributed by atoms with Gasteiger partial charge in [-0.1, -0.05) is 23.2 Å². The summed E-state index contributed by atoms with van der Waals surface area (Å²) in [6.45, 7) is 0. The number of ether oxygens (including phenoxy) is 1. The van der Waals surface area contributed by atoms with Gasteiger partial charge in [0.1, 0.15) is 11.8 Å². The van der Waals surface area contributed by atoms with Crippen molar-refractivity contribution in [3.63, 3.8) is 0 Å². The first-order valence-electron chi connectivity index (χ1n) is 5.69. The standard InChI is InChI=1S/C13H9Cl2N3O3/c1-17-11(19)8(6-16)12(18(2)13(17)20)21-7-3-4-9(14)10(15)5-7/h3-5H,1-2H3. The number of rotatable bonds is 2. The van der Waals surface area contributed by atoms with Gasteiger partial charge in [0.15, 0.2) is 5.56 Å². The molecule has 2 aromatic rings. The molecule has 0 radical (unpaired) electrons. The van der Waals surface area contributed by atoms with Crippen LogP contribution in [0.25, 0.3) is 0 Å². The summed E-state index contributed by atoms with van der Waals surface area (Å²) < 4.78 is 7.37. The minimum atomic E-state index is -0.726. The van der Waals surface area contributed by atoms with E-state index in [4.69, 9.17) is 33.2 Å². The Labute approximate surface area is 129 Å². The van der Waals surface area contributed by atoms with Crippen LogP contribution in [0.5, 0.6) is 11.6 Å². The largest absolute Gasteiger partial charge is 0.439 e. The second-order valence-electron chi connectivity index (χ2n) is 4.18. The molecule has 6 nitrogen and oxygen atoms in total. The zero-order valence-corrected chi connectivity index (χ0v) is 12.6. The predicted octanol–water partition coefficient (Wildman–Crippen LogP) is 2.05. The molecule has 0 amide bonds. The Kier molecular flexibility index (Phi) is 4.07. The third-order valence-corrected chi connectivity index (χ3v) is 3.57. The van der Waals surface area contributed by atoms with E-state index < -0.39 is 11.2 Å². The number of halogens is 2. The van der Waals surface area contributed by atoms with Gasteiger partial charge >= 0.3 is 5.69 Å². The molecule has 108 valence electrons. The predicted molar refractivity (Wildman–Crippen MR) is 78.2 cm³/mol. The minimum absolute atomic E-state index is 0.149. The molecule has 1 aromatic carbocycles. The Balaban J connectivity index is 2.65. The normalized spacial score (nSPS) is 10.2. The fourth-order valence-corrected chi connectivity index (χ4v) is 1.98. The fraction of sp³-hybridized carbons (Fsp3) is 0.154. The van der Waals surface area contributed by atoms with Crippen LogP contribution in [0.2, 0.25) is 10.0 Å². The highest BCUT2D eigenvalue weighted by Crippen LogP contribution is 2.29. The van der Waals surface area contributed by atoms with Gasteiger partial charge in [-0.25, -0.2) is 4.79 Å². The van der Waals surface area contributed by atoms with E-state index in [9.17, 15) is 9.59 Å². The molecule has 0 spiro atoms. The number of nitrogens with zero attached hydrogens (tertiary/aromatic N) is 3. The van der Waals surface area contributed by atoms with Crippen LogP contribution in [0.1, 0.15) is 5.56 Å². The average Bonchev–Trinajstić information content (AvgIpc) is 2.46. The number of benzene rings is 1. The molecule has 21 heavy (non-hydrogen) atoms. The van der Waals surface area contributed by atoms with Crippen molar-refractivity contribution in [3.8, 4) is 17.7 Å². The summed E-state index contributed by atoms with van der Waals surface area (Å²) in [4.78, 5) is 23.8. The summed E-state index contributed by atoms with van der Waals surface area (Å²) in [6.07, 6.45) is 0. The molecule has 0 saturated carbocycles. The van der Waals surface area contributed by atoms with E-state index in [1.54, 1.807) is 6.07 Å². The lowest BCUT2D eigenvalue weighted by Crippen LogP contribution is -2.38. The van der Waals surface area contributed by atoms with Gasteiger partial charge in [0, 0.05) is 20.2 Å². The van der Waals surface area contributed by atoms with Crippen molar-refractivity contribution < 1.29 is 4.74 Å². The third-order valence-electron chi connectivity index (χ3n) is 2.83. The second-order valence-corrected chi connectivity index (χ2v) is 4.99. The van der Waals surface area contributed by atoms with Crippen molar-refractivity contribution in [2.45, 2.75) is 0 Å².